The average Bonchev–Trinajstić information content (AvgIpc) is 2.15. The van der Waals surface area contributed by atoms with E-state index in [2.05, 4.69) is 0 Å². The minimum atomic E-state index is -4.62. The van der Waals surface area contributed by atoms with Crippen LogP contribution in [0.3, 0.4) is 0 Å². The summed E-state index contributed by atoms with van der Waals surface area (Å²) in [6.07, 6.45) is -4.62. The Balaban J connectivity index is 3.57. The van der Waals surface area contributed by atoms with Crippen LogP contribution in [-0.4, -0.2) is 5.11 Å². The summed E-state index contributed by atoms with van der Waals surface area (Å²) >= 11 is 1.65. The quantitative estimate of drug-likeness (QED) is 0.806. The van der Waals surface area contributed by atoms with Gasteiger partial charge < -0.3 is 5.11 Å². The smallest absolute Gasteiger partial charge is 0.392 e. The third-order valence-electron chi connectivity index (χ3n) is 1.81. The Bertz CT molecular complexity index is 423. The molecule has 0 spiro atoms. The topological polar surface area (TPSA) is 44.0 Å². The first kappa shape index (κ1) is 12.3. The van der Waals surface area contributed by atoms with Crippen LogP contribution in [0.15, 0.2) is 12.1 Å². The SMILES string of the molecule is N#Cc1c(I)ccc(CO)c1C(F)(F)F. The number of rotatable bonds is 1. The van der Waals surface area contributed by atoms with E-state index >= 15 is 0 Å². The second-order valence-electron chi connectivity index (χ2n) is 2.72. The van der Waals surface area contributed by atoms with Crippen LogP contribution in [0.5, 0.6) is 0 Å². The summed E-state index contributed by atoms with van der Waals surface area (Å²) in [7, 11) is 0. The monoisotopic (exact) mass is 327 g/mol. The van der Waals surface area contributed by atoms with Gasteiger partial charge in [-0.05, 0) is 34.2 Å². The number of alkyl halides is 3. The molecule has 0 heterocycles. The van der Waals surface area contributed by atoms with Gasteiger partial charge in [-0.2, -0.15) is 18.4 Å². The van der Waals surface area contributed by atoms with Crippen molar-refractivity contribution in [2.75, 3.05) is 0 Å². The van der Waals surface area contributed by atoms with E-state index in [4.69, 9.17) is 10.4 Å². The number of hydrogen-bond donors (Lipinski definition) is 1. The van der Waals surface area contributed by atoms with Crippen molar-refractivity contribution >= 4 is 22.6 Å². The molecule has 2 nitrogen and oxygen atoms in total. The molecule has 0 aliphatic carbocycles. The Morgan fingerprint density at radius 2 is 2.00 bits per heavy atom. The van der Waals surface area contributed by atoms with Gasteiger partial charge in [-0.15, -0.1) is 0 Å². The molecule has 0 unspecified atom stereocenters. The molecule has 0 aromatic heterocycles. The number of benzene rings is 1. The van der Waals surface area contributed by atoms with Crippen LogP contribution in [0.25, 0.3) is 0 Å². The van der Waals surface area contributed by atoms with E-state index in [1.165, 1.54) is 18.2 Å². The molecule has 15 heavy (non-hydrogen) atoms. The summed E-state index contributed by atoms with van der Waals surface area (Å²) in [6, 6.07) is 4.05. The van der Waals surface area contributed by atoms with Crippen molar-refractivity contribution in [1.29, 1.82) is 5.26 Å². The third kappa shape index (κ3) is 2.41. The maximum absolute atomic E-state index is 12.6. The van der Waals surface area contributed by atoms with Crippen molar-refractivity contribution in [3.05, 3.63) is 32.4 Å². The predicted octanol–water partition coefficient (Wildman–Crippen LogP) is 2.67. The van der Waals surface area contributed by atoms with Crippen molar-refractivity contribution in [2.45, 2.75) is 12.8 Å². The first-order chi connectivity index (χ1) is 6.91. The highest BCUT2D eigenvalue weighted by atomic mass is 127. The molecule has 1 N–H and O–H groups in total. The number of hydrogen-bond acceptors (Lipinski definition) is 2. The van der Waals surface area contributed by atoms with Gasteiger partial charge in [-0.1, -0.05) is 6.07 Å². The molecule has 0 aliphatic rings. The zero-order valence-electron chi connectivity index (χ0n) is 7.27. The van der Waals surface area contributed by atoms with Crippen molar-refractivity contribution < 1.29 is 18.3 Å². The number of aliphatic hydroxyl groups excluding tert-OH is 1. The molecule has 6 heteroatoms. The van der Waals surface area contributed by atoms with Crippen LogP contribution >= 0.6 is 22.6 Å². The summed E-state index contributed by atoms with van der Waals surface area (Å²) in [5.41, 5.74) is -1.76. The normalized spacial score (nSPS) is 11.2. The van der Waals surface area contributed by atoms with Crippen LogP contribution in [0.1, 0.15) is 16.7 Å². The summed E-state index contributed by atoms with van der Waals surface area (Å²) in [5, 5.41) is 17.4. The molecule has 1 aromatic carbocycles. The van der Waals surface area contributed by atoms with Gasteiger partial charge in [-0.25, -0.2) is 0 Å². The average molecular weight is 327 g/mol. The van der Waals surface area contributed by atoms with Gasteiger partial charge in [0.1, 0.15) is 6.07 Å². The summed E-state index contributed by atoms with van der Waals surface area (Å²) < 4.78 is 38.0. The third-order valence-corrected chi connectivity index (χ3v) is 2.71. The van der Waals surface area contributed by atoms with E-state index in [1.807, 2.05) is 0 Å². The number of halogens is 4. The van der Waals surface area contributed by atoms with Crippen LogP contribution < -0.4 is 0 Å². The van der Waals surface area contributed by atoms with Gasteiger partial charge >= 0.3 is 6.18 Å². The van der Waals surface area contributed by atoms with Crippen molar-refractivity contribution in [3.8, 4) is 6.07 Å². The van der Waals surface area contributed by atoms with Crippen molar-refractivity contribution in [3.63, 3.8) is 0 Å². The molecule has 0 saturated heterocycles. The molecule has 0 radical (unpaired) electrons. The summed E-state index contributed by atoms with van der Waals surface area (Å²) in [5.74, 6) is 0. The second kappa shape index (κ2) is 4.37. The first-order valence-electron chi connectivity index (χ1n) is 3.81. The molecule has 0 atom stereocenters. The number of aliphatic hydroxyl groups is 1. The molecular formula is C9H5F3INO. The van der Waals surface area contributed by atoms with Crippen LogP contribution in [0.2, 0.25) is 0 Å². The van der Waals surface area contributed by atoms with E-state index < -0.39 is 23.9 Å². The van der Waals surface area contributed by atoms with Crippen LogP contribution in [-0.2, 0) is 12.8 Å². The Labute approximate surface area is 97.5 Å². The van der Waals surface area contributed by atoms with E-state index in [9.17, 15) is 13.2 Å². The molecular weight excluding hydrogens is 322 g/mol. The molecule has 0 saturated carbocycles. The standard InChI is InChI=1S/C9H5F3INO/c10-9(11,12)8-5(4-15)1-2-7(13)6(8)3-14/h1-2,15H,4H2. The first-order valence-corrected chi connectivity index (χ1v) is 4.89. The highest BCUT2D eigenvalue weighted by molar-refractivity contribution is 14.1. The lowest BCUT2D eigenvalue weighted by molar-refractivity contribution is -0.138. The summed E-state index contributed by atoms with van der Waals surface area (Å²) in [4.78, 5) is 0. The minimum Gasteiger partial charge on any atom is -0.392 e. The zero-order chi connectivity index (χ0) is 11.6. The van der Waals surface area contributed by atoms with E-state index in [0.29, 0.717) is 0 Å². The minimum absolute atomic E-state index is 0.222. The Kier molecular flexibility index (Phi) is 3.57. The van der Waals surface area contributed by atoms with Crippen molar-refractivity contribution in [1.82, 2.24) is 0 Å². The Hall–Kier alpha value is -0.810. The van der Waals surface area contributed by atoms with Gasteiger partial charge in [0.05, 0.1) is 17.7 Å². The van der Waals surface area contributed by atoms with Gasteiger partial charge in [0, 0.05) is 3.57 Å². The maximum Gasteiger partial charge on any atom is 0.418 e. The summed E-state index contributed by atoms with van der Waals surface area (Å²) in [6.45, 7) is -0.736. The van der Waals surface area contributed by atoms with E-state index in [-0.39, 0.29) is 9.13 Å². The molecule has 80 valence electrons. The molecule has 1 aromatic rings. The van der Waals surface area contributed by atoms with Crippen LogP contribution in [0.4, 0.5) is 13.2 Å². The lowest BCUT2D eigenvalue weighted by atomic mass is 10.0. The van der Waals surface area contributed by atoms with Gasteiger partial charge in [0.25, 0.3) is 0 Å². The Morgan fingerprint density at radius 3 is 2.40 bits per heavy atom. The Morgan fingerprint density at radius 1 is 1.40 bits per heavy atom. The molecule has 0 aliphatic heterocycles. The fourth-order valence-corrected chi connectivity index (χ4v) is 1.76. The maximum atomic E-state index is 12.6. The van der Waals surface area contributed by atoms with Crippen molar-refractivity contribution in [2.24, 2.45) is 0 Å². The van der Waals surface area contributed by atoms with Gasteiger partial charge in [0.15, 0.2) is 0 Å². The highest BCUT2D eigenvalue weighted by Crippen LogP contribution is 2.36. The van der Waals surface area contributed by atoms with Gasteiger partial charge in [-0.3, -0.25) is 0 Å². The highest BCUT2D eigenvalue weighted by Gasteiger charge is 2.36. The molecule has 0 bridgehead atoms. The fraction of sp³-hybridized carbons (Fsp3) is 0.222. The molecule has 0 fully saturated rings. The lowest BCUT2D eigenvalue weighted by Gasteiger charge is -2.13. The lowest BCUT2D eigenvalue weighted by Crippen LogP contribution is -2.13. The number of nitriles is 1. The van der Waals surface area contributed by atoms with Crippen LogP contribution in [0, 0.1) is 14.9 Å². The van der Waals surface area contributed by atoms with E-state index in [1.54, 1.807) is 22.6 Å². The second-order valence-corrected chi connectivity index (χ2v) is 3.89. The fourth-order valence-electron chi connectivity index (χ4n) is 1.19. The largest absolute Gasteiger partial charge is 0.418 e. The number of nitrogens with zero attached hydrogens (tertiary/aromatic N) is 1. The zero-order valence-corrected chi connectivity index (χ0v) is 9.43. The van der Waals surface area contributed by atoms with E-state index in [0.717, 1.165) is 0 Å². The predicted molar refractivity (Wildman–Crippen MR) is 54.8 cm³/mol. The molecule has 0 amide bonds. The molecule has 1 rings (SSSR count). The van der Waals surface area contributed by atoms with Gasteiger partial charge in [0.2, 0.25) is 0 Å².